The van der Waals surface area contributed by atoms with Crippen LogP contribution in [0.5, 0.6) is 5.75 Å². The molecular formula is C15H22N2O2. The van der Waals surface area contributed by atoms with Gasteiger partial charge < -0.3 is 15.4 Å². The summed E-state index contributed by atoms with van der Waals surface area (Å²) in [7, 11) is 1.64. The van der Waals surface area contributed by atoms with Crippen molar-refractivity contribution in [2.45, 2.75) is 38.3 Å². The summed E-state index contributed by atoms with van der Waals surface area (Å²) in [4.78, 5) is 12.3. The molecule has 0 bridgehead atoms. The number of nitrogens with one attached hydrogen (secondary N) is 2. The molecule has 1 atom stereocenters. The predicted molar refractivity (Wildman–Crippen MR) is 75.1 cm³/mol. The first kappa shape index (κ1) is 13.9. The van der Waals surface area contributed by atoms with Gasteiger partial charge in [0.05, 0.1) is 12.6 Å². The average Bonchev–Trinajstić information content (AvgIpc) is 2.45. The molecule has 0 aliphatic carbocycles. The number of benzene rings is 1. The largest absolute Gasteiger partial charge is 0.496 e. The van der Waals surface area contributed by atoms with Crippen molar-refractivity contribution in [2.75, 3.05) is 13.7 Å². The van der Waals surface area contributed by atoms with E-state index in [0.29, 0.717) is 6.54 Å². The summed E-state index contributed by atoms with van der Waals surface area (Å²) in [6, 6.07) is 7.75. The molecule has 1 fully saturated rings. The molecule has 2 N–H and O–H groups in total. The highest BCUT2D eigenvalue weighted by molar-refractivity contribution is 5.86. The maximum atomic E-state index is 12.3. The first-order chi connectivity index (χ1) is 9.15. The molecule has 0 spiro atoms. The molecule has 1 amide bonds. The summed E-state index contributed by atoms with van der Waals surface area (Å²) >= 11 is 0. The molecule has 1 unspecified atom stereocenters. The third-order valence-corrected chi connectivity index (χ3v) is 3.75. The average molecular weight is 262 g/mol. The number of rotatable bonds is 4. The van der Waals surface area contributed by atoms with Gasteiger partial charge in [-0.25, -0.2) is 0 Å². The zero-order valence-electron chi connectivity index (χ0n) is 11.7. The molecule has 1 aromatic rings. The Balaban J connectivity index is 1.96. The summed E-state index contributed by atoms with van der Waals surface area (Å²) in [5.74, 6) is 0.877. The standard InChI is InChI=1S/C15H22N2O2/c1-15(9-5-6-10-17-15)14(18)16-11-12-7-3-4-8-13(12)19-2/h3-4,7-8,17H,5-6,9-11H2,1-2H3,(H,16,18). The molecular weight excluding hydrogens is 240 g/mol. The number of amides is 1. The van der Waals surface area contributed by atoms with Crippen molar-refractivity contribution in [3.05, 3.63) is 29.8 Å². The zero-order valence-corrected chi connectivity index (χ0v) is 11.7. The van der Waals surface area contributed by atoms with Gasteiger partial charge in [0.1, 0.15) is 5.75 Å². The van der Waals surface area contributed by atoms with Crippen LogP contribution < -0.4 is 15.4 Å². The van der Waals surface area contributed by atoms with Crippen molar-refractivity contribution in [1.29, 1.82) is 0 Å². The number of carbonyl (C=O) groups is 1. The second-order valence-electron chi connectivity index (χ2n) is 5.21. The highest BCUT2D eigenvalue weighted by Crippen LogP contribution is 2.20. The molecule has 0 aromatic heterocycles. The number of carbonyl (C=O) groups excluding carboxylic acids is 1. The number of methoxy groups -OCH3 is 1. The topological polar surface area (TPSA) is 50.4 Å². The molecule has 1 heterocycles. The fourth-order valence-electron chi connectivity index (χ4n) is 2.47. The van der Waals surface area contributed by atoms with Crippen LogP contribution in [0.15, 0.2) is 24.3 Å². The van der Waals surface area contributed by atoms with Crippen molar-refractivity contribution in [3.63, 3.8) is 0 Å². The summed E-state index contributed by atoms with van der Waals surface area (Å²) < 4.78 is 5.28. The van der Waals surface area contributed by atoms with Gasteiger partial charge in [-0.2, -0.15) is 0 Å². The van der Waals surface area contributed by atoms with Gasteiger partial charge in [-0.3, -0.25) is 4.79 Å². The first-order valence-corrected chi connectivity index (χ1v) is 6.81. The third kappa shape index (κ3) is 3.26. The van der Waals surface area contributed by atoms with Crippen molar-refractivity contribution in [3.8, 4) is 5.75 Å². The van der Waals surface area contributed by atoms with E-state index in [9.17, 15) is 4.79 Å². The molecule has 104 valence electrons. The lowest BCUT2D eigenvalue weighted by Crippen LogP contribution is -2.56. The quantitative estimate of drug-likeness (QED) is 0.870. The van der Waals surface area contributed by atoms with E-state index >= 15 is 0 Å². The molecule has 0 radical (unpaired) electrons. The maximum Gasteiger partial charge on any atom is 0.240 e. The number of hydrogen-bond donors (Lipinski definition) is 2. The van der Waals surface area contributed by atoms with E-state index in [4.69, 9.17) is 4.74 Å². The summed E-state index contributed by atoms with van der Waals surface area (Å²) in [6.07, 6.45) is 3.14. The summed E-state index contributed by atoms with van der Waals surface area (Å²) in [5.41, 5.74) is 0.568. The van der Waals surface area contributed by atoms with Gasteiger partial charge in [-0.05, 0) is 38.8 Å². The Morgan fingerprint density at radius 3 is 2.89 bits per heavy atom. The minimum atomic E-state index is -0.430. The van der Waals surface area contributed by atoms with Gasteiger partial charge in [-0.1, -0.05) is 18.2 Å². The van der Waals surface area contributed by atoms with Crippen molar-refractivity contribution >= 4 is 5.91 Å². The molecule has 2 rings (SSSR count). The van der Waals surface area contributed by atoms with Gasteiger partial charge in [-0.15, -0.1) is 0 Å². The van der Waals surface area contributed by atoms with Crippen molar-refractivity contribution in [2.24, 2.45) is 0 Å². The normalized spacial score (nSPS) is 22.8. The second kappa shape index (κ2) is 6.06. The lowest BCUT2D eigenvalue weighted by atomic mass is 9.90. The Bertz CT molecular complexity index is 440. The van der Waals surface area contributed by atoms with Crippen LogP contribution >= 0.6 is 0 Å². The number of para-hydroxylation sites is 1. The van der Waals surface area contributed by atoms with Crippen molar-refractivity contribution in [1.82, 2.24) is 10.6 Å². The molecule has 4 nitrogen and oxygen atoms in total. The van der Waals surface area contributed by atoms with Crippen LogP contribution in [0.25, 0.3) is 0 Å². The minimum absolute atomic E-state index is 0.0677. The molecule has 4 heteroatoms. The van der Waals surface area contributed by atoms with Crippen LogP contribution in [0.3, 0.4) is 0 Å². The molecule has 19 heavy (non-hydrogen) atoms. The fraction of sp³-hybridized carbons (Fsp3) is 0.533. The number of piperidine rings is 1. The van der Waals surface area contributed by atoms with Crippen LogP contribution in [-0.4, -0.2) is 25.1 Å². The first-order valence-electron chi connectivity index (χ1n) is 6.81. The van der Waals surface area contributed by atoms with Crippen LogP contribution in [0.2, 0.25) is 0 Å². The fourth-order valence-corrected chi connectivity index (χ4v) is 2.47. The third-order valence-electron chi connectivity index (χ3n) is 3.75. The number of ether oxygens (including phenoxy) is 1. The SMILES string of the molecule is COc1ccccc1CNC(=O)C1(C)CCCCN1. The Hall–Kier alpha value is -1.55. The Labute approximate surface area is 114 Å². The highest BCUT2D eigenvalue weighted by atomic mass is 16.5. The van der Waals surface area contributed by atoms with Crippen molar-refractivity contribution < 1.29 is 9.53 Å². The maximum absolute atomic E-state index is 12.3. The van der Waals surface area contributed by atoms with E-state index in [1.54, 1.807) is 7.11 Å². The van der Waals surface area contributed by atoms with E-state index in [1.165, 1.54) is 0 Å². The smallest absolute Gasteiger partial charge is 0.240 e. The van der Waals surface area contributed by atoms with Crippen LogP contribution in [-0.2, 0) is 11.3 Å². The highest BCUT2D eigenvalue weighted by Gasteiger charge is 2.33. The van der Waals surface area contributed by atoms with Gasteiger partial charge in [0.25, 0.3) is 0 Å². The summed E-state index contributed by atoms with van der Waals surface area (Å²) in [6.45, 7) is 3.39. The molecule has 0 saturated carbocycles. The van der Waals surface area contributed by atoms with E-state index in [0.717, 1.165) is 37.1 Å². The van der Waals surface area contributed by atoms with Crippen LogP contribution in [0, 0.1) is 0 Å². The van der Waals surface area contributed by atoms with Gasteiger partial charge in [0, 0.05) is 12.1 Å². The van der Waals surface area contributed by atoms with Gasteiger partial charge in [0.15, 0.2) is 0 Å². The molecule has 1 saturated heterocycles. The lowest BCUT2D eigenvalue weighted by molar-refractivity contribution is -0.128. The Morgan fingerprint density at radius 1 is 1.42 bits per heavy atom. The molecule has 1 aliphatic heterocycles. The van der Waals surface area contributed by atoms with Crippen LogP contribution in [0.1, 0.15) is 31.7 Å². The summed E-state index contributed by atoms with van der Waals surface area (Å²) in [5, 5.41) is 6.32. The molecule has 1 aromatic carbocycles. The van der Waals surface area contributed by atoms with Crippen LogP contribution in [0.4, 0.5) is 0 Å². The number of hydrogen-bond acceptors (Lipinski definition) is 3. The second-order valence-corrected chi connectivity index (χ2v) is 5.21. The zero-order chi connectivity index (χ0) is 13.7. The Morgan fingerprint density at radius 2 is 2.21 bits per heavy atom. The molecule has 1 aliphatic rings. The monoisotopic (exact) mass is 262 g/mol. The van der Waals surface area contributed by atoms with Gasteiger partial charge in [0.2, 0.25) is 5.91 Å². The lowest BCUT2D eigenvalue weighted by Gasteiger charge is -2.33. The minimum Gasteiger partial charge on any atom is -0.496 e. The van der Waals surface area contributed by atoms with E-state index in [-0.39, 0.29) is 5.91 Å². The predicted octanol–water partition coefficient (Wildman–Crippen LogP) is 1.84. The van der Waals surface area contributed by atoms with E-state index in [1.807, 2.05) is 31.2 Å². The van der Waals surface area contributed by atoms with E-state index < -0.39 is 5.54 Å². The Kier molecular flexibility index (Phi) is 4.43. The van der Waals surface area contributed by atoms with E-state index in [2.05, 4.69) is 10.6 Å². The van der Waals surface area contributed by atoms with Gasteiger partial charge >= 0.3 is 0 Å².